The van der Waals surface area contributed by atoms with Crippen molar-refractivity contribution in [3.05, 3.63) is 74.9 Å². The lowest BCUT2D eigenvalue weighted by Crippen LogP contribution is -2.13. The monoisotopic (exact) mass is 504 g/mol. The average Bonchev–Trinajstić information content (AvgIpc) is 3.38. The molecule has 0 spiro atoms. The van der Waals surface area contributed by atoms with Crippen LogP contribution in [0.15, 0.2) is 73.7 Å². The Labute approximate surface area is 188 Å². The molecule has 1 aliphatic heterocycles. The summed E-state index contributed by atoms with van der Waals surface area (Å²) in [7, 11) is 0. The van der Waals surface area contributed by atoms with Crippen molar-refractivity contribution in [2.75, 3.05) is 5.75 Å². The van der Waals surface area contributed by atoms with Crippen LogP contribution >= 0.6 is 50.9 Å². The molecular weight excluding hydrogens is 495 g/mol. The van der Waals surface area contributed by atoms with E-state index in [4.69, 9.17) is 32.7 Å². The molecule has 0 amide bonds. The Balaban J connectivity index is 1.50. The predicted molar refractivity (Wildman–Crippen MR) is 120 cm³/mol. The minimum atomic E-state index is 0.487. The molecule has 0 aliphatic carbocycles. The zero-order chi connectivity index (χ0) is 20.0. The second-order valence-corrected chi connectivity index (χ2v) is 8.93. The topological polar surface area (TPSA) is 56.2 Å². The standard InChI is InChI=1S/C20H11BrCl2N4OS/c21-13-4-1-11(2-5-13)19-24-25-20-27(19)26-16(10-29-20)18-8-7-17(28-18)12-3-6-14(22)15(23)9-12/h1-9H,10H2. The van der Waals surface area contributed by atoms with Crippen molar-refractivity contribution in [2.24, 2.45) is 5.10 Å². The first kappa shape index (κ1) is 18.9. The Morgan fingerprint density at radius 2 is 1.66 bits per heavy atom. The summed E-state index contributed by atoms with van der Waals surface area (Å²) >= 11 is 17.2. The molecule has 0 atom stereocenters. The summed E-state index contributed by atoms with van der Waals surface area (Å²) in [6.07, 6.45) is 0. The Bertz CT molecular complexity index is 1250. The maximum Gasteiger partial charge on any atom is 0.212 e. The highest BCUT2D eigenvalue weighted by atomic mass is 79.9. The molecule has 1 aliphatic rings. The third-order valence-electron chi connectivity index (χ3n) is 4.37. The number of rotatable bonds is 3. The van der Waals surface area contributed by atoms with Crippen LogP contribution in [0.2, 0.25) is 10.0 Å². The number of benzene rings is 2. The number of furan rings is 1. The van der Waals surface area contributed by atoms with Crippen LogP contribution in [0, 0.1) is 0 Å². The van der Waals surface area contributed by atoms with Gasteiger partial charge >= 0.3 is 0 Å². The van der Waals surface area contributed by atoms with Gasteiger partial charge in [-0.2, -0.15) is 9.78 Å². The van der Waals surface area contributed by atoms with Gasteiger partial charge in [-0.25, -0.2) is 0 Å². The van der Waals surface area contributed by atoms with Gasteiger partial charge in [0.15, 0.2) is 11.6 Å². The van der Waals surface area contributed by atoms with E-state index in [1.54, 1.807) is 28.6 Å². The summed E-state index contributed by atoms with van der Waals surface area (Å²) < 4.78 is 8.81. The molecule has 2 aromatic heterocycles. The molecule has 0 radical (unpaired) electrons. The van der Waals surface area contributed by atoms with Crippen molar-refractivity contribution in [3.63, 3.8) is 0 Å². The molecule has 0 fully saturated rings. The highest BCUT2D eigenvalue weighted by molar-refractivity contribution is 9.10. The van der Waals surface area contributed by atoms with Crippen LogP contribution in [-0.2, 0) is 0 Å². The predicted octanol–water partition coefficient (Wildman–Crippen LogP) is 6.63. The van der Waals surface area contributed by atoms with Crippen LogP contribution in [0.4, 0.5) is 0 Å². The first-order chi connectivity index (χ1) is 14.1. The molecule has 2 aromatic carbocycles. The number of aromatic nitrogens is 3. The molecule has 0 N–H and O–H groups in total. The second kappa shape index (κ2) is 7.65. The maximum absolute atomic E-state index is 6.13. The summed E-state index contributed by atoms with van der Waals surface area (Å²) in [6, 6.07) is 17.1. The smallest absolute Gasteiger partial charge is 0.212 e. The molecule has 0 saturated heterocycles. The van der Waals surface area contributed by atoms with Crippen molar-refractivity contribution < 1.29 is 4.42 Å². The van der Waals surface area contributed by atoms with Gasteiger partial charge in [-0.1, -0.05) is 63.0 Å². The van der Waals surface area contributed by atoms with E-state index in [0.717, 1.165) is 26.5 Å². The Morgan fingerprint density at radius 1 is 0.897 bits per heavy atom. The summed E-state index contributed by atoms with van der Waals surface area (Å²) in [4.78, 5) is 0. The Kier molecular flexibility index (Phi) is 4.99. The lowest BCUT2D eigenvalue weighted by Gasteiger charge is -2.12. The second-order valence-electron chi connectivity index (χ2n) is 6.25. The van der Waals surface area contributed by atoms with Gasteiger partial charge in [0, 0.05) is 21.4 Å². The normalized spacial score (nSPS) is 13.3. The van der Waals surface area contributed by atoms with E-state index in [-0.39, 0.29) is 0 Å². The first-order valence-electron chi connectivity index (χ1n) is 8.56. The van der Waals surface area contributed by atoms with E-state index in [0.29, 0.717) is 33.1 Å². The van der Waals surface area contributed by atoms with Gasteiger partial charge in [-0.3, -0.25) is 0 Å². The van der Waals surface area contributed by atoms with E-state index >= 15 is 0 Å². The molecule has 5 nitrogen and oxygen atoms in total. The van der Waals surface area contributed by atoms with Crippen LogP contribution in [0.5, 0.6) is 0 Å². The summed E-state index contributed by atoms with van der Waals surface area (Å²) in [5.41, 5.74) is 2.61. The number of thioether (sulfide) groups is 1. The zero-order valence-electron chi connectivity index (χ0n) is 14.6. The van der Waals surface area contributed by atoms with Gasteiger partial charge in [0.25, 0.3) is 0 Å². The first-order valence-corrected chi connectivity index (χ1v) is 11.1. The fourth-order valence-corrected chi connectivity index (χ4v) is 4.30. The molecule has 0 unspecified atom stereocenters. The minimum absolute atomic E-state index is 0.487. The van der Waals surface area contributed by atoms with E-state index in [1.807, 2.05) is 42.5 Å². The van der Waals surface area contributed by atoms with E-state index in [2.05, 4.69) is 26.1 Å². The van der Waals surface area contributed by atoms with Gasteiger partial charge < -0.3 is 4.42 Å². The van der Waals surface area contributed by atoms with Crippen LogP contribution in [-0.4, -0.2) is 26.3 Å². The number of halogens is 3. The molecule has 5 rings (SSSR count). The Hall–Kier alpha value is -2.06. The van der Waals surface area contributed by atoms with Gasteiger partial charge in [0.1, 0.15) is 11.5 Å². The molecular formula is C20H11BrCl2N4OS. The number of fused-ring (bicyclic) bond motifs is 1. The van der Waals surface area contributed by atoms with Gasteiger partial charge in [0.05, 0.1) is 10.0 Å². The molecule has 29 heavy (non-hydrogen) atoms. The highest BCUT2D eigenvalue weighted by Crippen LogP contribution is 2.32. The van der Waals surface area contributed by atoms with Gasteiger partial charge in [0.2, 0.25) is 5.16 Å². The van der Waals surface area contributed by atoms with Crippen molar-refractivity contribution in [2.45, 2.75) is 5.16 Å². The van der Waals surface area contributed by atoms with Crippen LogP contribution < -0.4 is 0 Å². The van der Waals surface area contributed by atoms with Crippen LogP contribution in [0.3, 0.4) is 0 Å². The zero-order valence-corrected chi connectivity index (χ0v) is 18.6. The third kappa shape index (κ3) is 3.64. The lowest BCUT2D eigenvalue weighted by molar-refractivity contribution is 0.570. The summed E-state index contributed by atoms with van der Waals surface area (Å²) in [5.74, 6) is 2.73. The summed E-state index contributed by atoms with van der Waals surface area (Å²) in [5, 5.41) is 15.1. The van der Waals surface area contributed by atoms with E-state index < -0.39 is 0 Å². The largest absolute Gasteiger partial charge is 0.455 e. The summed E-state index contributed by atoms with van der Waals surface area (Å²) in [6.45, 7) is 0. The van der Waals surface area contributed by atoms with Gasteiger partial charge in [-0.15, -0.1) is 10.2 Å². The molecule has 9 heteroatoms. The molecule has 0 bridgehead atoms. The number of hydrogen-bond acceptors (Lipinski definition) is 5. The number of nitrogens with zero attached hydrogens (tertiary/aromatic N) is 4. The van der Waals surface area contributed by atoms with Crippen LogP contribution in [0.1, 0.15) is 5.76 Å². The molecule has 3 heterocycles. The average molecular weight is 506 g/mol. The van der Waals surface area contributed by atoms with Crippen molar-refractivity contribution in [1.82, 2.24) is 14.9 Å². The number of hydrogen-bond donors (Lipinski definition) is 0. The van der Waals surface area contributed by atoms with Crippen molar-refractivity contribution in [1.29, 1.82) is 0 Å². The fraction of sp³-hybridized carbons (Fsp3) is 0.0500. The highest BCUT2D eigenvalue weighted by Gasteiger charge is 2.22. The molecule has 4 aromatic rings. The van der Waals surface area contributed by atoms with Crippen molar-refractivity contribution in [3.8, 4) is 22.7 Å². The van der Waals surface area contributed by atoms with Crippen molar-refractivity contribution >= 4 is 56.6 Å². The lowest BCUT2D eigenvalue weighted by atomic mass is 10.2. The SMILES string of the molecule is Clc1ccc(-c2ccc(C3=Nn4c(nnc4-c4ccc(Br)cc4)SC3)o2)cc1Cl. The molecule has 0 saturated carbocycles. The maximum atomic E-state index is 6.13. The van der Waals surface area contributed by atoms with Crippen LogP contribution in [0.25, 0.3) is 22.7 Å². The van der Waals surface area contributed by atoms with E-state index in [1.165, 1.54) is 0 Å². The van der Waals surface area contributed by atoms with Gasteiger partial charge in [-0.05, 0) is 42.5 Å². The molecule has 144 valence electrons. The van der Waals surface area contributed by atoms with E-state index in [9.17, 15) is 0 Å². The quantitative estimate of drug-likeness (QED) is 0.313. The minimum Gasteiger partial charge on any atom is -0.455 e. The fourth-order valence-electron chi connectivity index (χ4n) is 2.92. The Morgan fingerprint density at radius 3 is 2.45 bits per heavy atom. The third-order valence-corrected chi connectivity index (χ3v) is 6.57.